The van der Waals surface area contributed by atoms with E-state index >= 15 is 0 Å². The molecule has 0 bridgehead atoms. The SMILES string of the molecule is CCC(C(=O)NC(C)C)N(Cc1ccc(C)cc1)C(=O)CN(C)S(=O)(=O)c1ccc(C)cc1. The summed E-state index contributed by atoms with van der Waals surface area (Å²) in [5, 5.41) is 2.87. The van der Waals surface area contributed by atoms with Crippen molar-refractivity contribution < 1.29 is 18.0 Å². The van der Waals surface area contributed by atoms with E-state index < -0.39 is 22.0 Å². The summed E-state index contributed by atoms with van der Waals surface area (Å²) in [4.78, 5) is 27.9. The Bertz CT molecular complexity index is 1050. The quantitative estimate of drug-likeness (QED) is 0.574. The fourth-order valence-electron chi connectivity index (χ4n) is 3.45. The van der Waals surface area contributed by atoms with Gasteiger partial charge in [0.2, 0.25) is 21.8 Å². The third-order valence-corrected chi connectivity index (χ3v) is 7.20. The second kappa shape index (κ2) is 11.4. The number of carbonyl (C=O) groups is 2. The molecule has 0 heterocycles. The fraction of sp³-hybridized carbons (Fsp3) is 0.440. The van der Waals surface area contributed by atoms with E-state index in [9.17, 15) is 18.0 Å². The number of carbonyl (C=O) groups excluding carboxylic acids is 2. The van der Waals surface area contributed by atoms with Gasteiger partial charge >= 0.3 is 0 Å². The summed E-state index contributed by atoms with van der Waals surface area (Å²) in [6.07, 6.45) is 0.407. The van der Waals surface area contributed by atoms with E-state index in [-0.39, 0.29) is 29.9 Å². The van der Waals surface area contributed by atoms with Crippen LogP contribution in [0.5, 0.6) is 0 Å². The number of hydrogen-bond acceptors (Lipinski definition) is 4. The van der Waals surface area contributed by atoms with Crippen molar-refractivity contribution in [2.45, 2.75) is 64.6 Å². The van der Waals surface area contributed by atoms with E-state index in [0.29, 0.717) is 6.42 Å². The molecule has 1 N–H and O–H groups in total. The van der Waals surface area contributed by atoms with Crippen molar-refractivity contribution >= 4 is 21.8 Å². The molecule has 7 nitrogen and oxygen atoms in total. The second-order valence-corrected chi connectivity index (χ2v) is 10.7. The Morgan fingerprint density at radius 2 is 1.45 bits per heavy atom. The zero-order valence-electron chi connectivity index (χ0n) is 20.3. The summed E-state index contributed by atoms with van der Waals surface area (Å²) in [6, 6.07) is 13.4. The smallest absolute Gasteiger partial charge is 0.243 e. The molecule has 0 aliphatic rings. The van der Waals surface area contributed by atoms with Crippen molar-refractivity contribution in [3.05, 3.63) is 65.2 Å². The van der Waals surface area contributed by atoms with E-state index in [1.807, 2.05) is 58.9 Å². The number of nitrogens with zero attached hydrogens (tertiary/aromatic N) is 2. The zero-order chi connectivity index (χ0) is 24.8. The number of nitrogens with one attached hydrogen (secondary N) is 1. The Kier molecular flexibility index (Phi) is 9.19. The molecule has 0 aromatic heterocycles. The first-order valence-corrected chi connectivity index (χ1v) is 12.6. The lowest BCUT2D eigenvalue weighted by Crippen LogP contribution is -2.52. The summed E-state index contributed by atoms with van der Waals surface area (Å²) in [6.45, 7) is 9.25. The molecule has 0 saturated carbocycles. The maximum Gasteiger partial charge on any atom is 0.243 e. The zero-order valence-corrected chi connectivity index (χ0v) is 21.1. The van der Waals surface area contributed by atoms with Gasteiger partial charge in [0.05, 0.1) is 11.4 Å². The van der Waals surface area contributed by atoms with Crippen LogP contribution in [-0.4, -0.2) is 55.1 Å². The number of sulfonamides is 1. The van der Waals surface area contributed by atoms with Gasteiger partial charge in [0.1, 0.15) is 6.04 Å². The molecule has 0 aliphatic heterocycles. The number of amides is 2. The lowest BCUT2D eigenvalue weighted by molar-refractivity contribution is -0.141. The van der Waals surface area contributed by atoms with Crippen LogP contribution in [-0.2, 0) is 26.2 Å². The Balaban J connectivity index is 2.31. The molecule has 2 aromatic carbocycles. The monoisotopic (exact) mass is 473 g/mol. The molecular weight excluding hydrogens is 438 g/mol. The highest BCUT2D eigenvalue weighted by atomic mass is 32.2. The van der Waals surface area contributed by atoms with Gasteiger partial charge in [0.15, 0.2) is 0 Å². The number of hydrogen-bond donors (Lipinski definition) is 1. The molecule has 180 valence electrons. The average Bonchev–Trinajstić information content (AvgIpc) is 2.74. The highest BCUT2D eigenvalue weighted by Crippen LogP contribution is 2.18. The fourth-order valence-corrected chi connectivity index (χ4v) is 4.57. The molecule has 0 aliphatic carbocycles. The number of aryl methyl sites for hydroxylation is 2. The van der Waals surface area contributed by atoms with Crippen molar-refractivity contribution in [3.63, 3.8) is 0 Å². The molecular formula is C25H35N3O4S. The van der Waals surface area contributed by atoms with Crippen molar-refractivity contribution in [3.8, 4) is 0 Å². The Morgan fingerprint density at radius 3 is 1.94 bits per heavy atom. The lowest BCUT2D eigenvalue weighted by atomic mass is 10.1. The van der Waals surface area contributed by atoms with E-state index in [1.165, 1.54) is 24.1 Å². The summed E-state index contributed by atoms with van der Waals surface area (Å²) in [5.41, 5.74) is 2.90. The van der Waals surface area contributed by atoms with Crippen LogP contribution in [0.1, 0.15) is 43.9 Å². The predicted octanol–water partition coefficient (Wildman–Crippen LogP) is 3.26. The van der Waals surface area contributed by atoms with Crippen molar-refractivity contribution in [2.24, 2.45) is 0 Å². The average molecular weight is 474 g/mol. The molecule has 0 saturated heterocycles. The van der Waals surface area contributed by atoms with E-state index in [1.54, 1.807) is 12.1 Å². The molecule has 1 unspecified atom stereocenters. The minimum absolute atomic E-state index is 0.0764. The molecule has 2 aromatic rings. The van der Waals surface area contributed by atoms with Crippen LogP contribution in [0.4, 0.5) is 0 Å². The molecule has 1 atom stereocenters. The topological polar surface area (TPSA) is 86.8 Å². The number of benzene rings is 2. The van der Waals surface area contributed by atoms with Crippen LogP contribution < -0.4 is 5.32 Å². The lowest BCUT2D eigenvalue weighted by Gasteiger charge is -2.32. The van der Waals surface area contributed by atoms with Gasteiger partial charge in [-0.05, 0) is 51.8 Å². The maximum absolute atomic E-state index is 13.4. The first-order valence-electron chi connectivity index (χ1n) is 11.1. The third-order valence-electron chi connectivity index (χ3n) is 5.38. The van der Waals surface area contributed by atoms with Crippen LogP contribution in [0.3, 0.4) is 0 Å². The first kappa shape index (κ1) is 26.5. The van der Waals surface area contributed by atoms with E-state index in [0.717, 1.165) is 21.0 Å². The normalized spacial score (nSPS) is 12.6. The van der Waals surface area contributed by atoms with Crippen LogP contribution in [0.2, 0.25) is 0 Å². The van der Waals surface area contributed by atoms with Gasteiger partial charge in [-0.1, -0.05) is 54.4 Å². The predicted molar refractivity (Wildman–Crippen MR) is 130 cm³/mol. The number of likely N-dealkylation sites (N-methyl/N-ethyl adjacent to an activating group) is 1. The Morgan fingerprint density at radius 1 is 0.939 bits per heavy atom. The van der Waals surface area contributed by atoms with Crippen molar-refractivity contribution in [2.75, 3.05) is 13.6 Å². The highest BCUT2D eigenvalue weighted by molar-refractivity contribution is 7.89. The minimum Gasteiger partial charge on any atom is -0.352 e. The molecule has 8 heteroatoms. The largest absolute Gasteiger partial charge is 0.352 e. The summed E-state index contributed by atoms with van der Waals surface area (Å²) < 4.78 is 27.0. The van der Waals surface area contributed by atoms with Gasteiger partial charge in [-0.15, -0.1) is 0 Å². The van der Waals surface area contributed by atoms with Gasteiger partial charge in [0.25, 0.3) is 0 Å². The minimum atomic E-state index is -3.85. The maximum atomic E-state index is 13.4. The van der Waals surface area contributed by atoms with Crippen LogP contribution in [0, 0.1) is 13.8 Å². The van der Waals surface area contributed by atoms with E-state index in [2.05, 4.69) is 5.32 Å². The Hall–Kier alpha value is -2.71. The highest BCUT2D eigenvalue weighted by Gasteiger charge is 2.32. The number of rotatable bonds is 10. The third kappa shape index (κ3) is 7.14. The Labute approximate surface area is 197 Å². The van der Waals surface area contributed by atoms with Crippen LogP contribution >= 0.6 is 0 Å². The molecule has 0 radical (unpaired) electrons. The molecule has 2 amide bonds. The molecule has 0 spiro atoms. The summed E-state index contributed by atoms with van der Waals surface area (Å²) in [5.74, 6) is -0.684. The van der Waals surface area contributed by atoms with Crippen molar-refractivity contribution in [1.82, 2.24) is 14.5 Å². The molecule has 33 heavy (non-hydrogen) atoms. The second-order valence-electron chi connectivity index (χ2n) is 8.67. The summed E-state index contributed by atoms with van der Waals surface area (Å²) in [7, 11) is -2.47. The van der Waals surface area contributed by atoms with Crippen LogP contribution in [0.25, 0.3) is 0 Å². The molecule has 0 fully saturated rings. The van der Waals surface area contributed by atoms with Gasteiger partial charge in [-0.25, -0.2) is 8.42 Å². The first-order chi connectivity index (χ1) is 15.4. The van der Waals surface area contributed by atoms with Gasteiger partial charge in [0, 0.05) is 19.6 Å². The van der Waals surface area contributed by atoms with Crippen LogP contribution in [0.15, 0.2) is 53.4 Å². The standard InChI is InChI=1S/C25H35N3O4S/c1-7-23(25(30)26-18(2)3)28(16-21-12-8-19(4)9-13-21)24(29)17-27(6)33(31,32)22-14-10-20(5)11-15-22/h8-15,18,23H,7,16-17H2,1-6H3,(H,26,30). The van der Waals surface area contributed by atoms with E-state index in [4.69, 9.17) is 0 Å². The van der Waals surface area contributed by atoms with Gasteiger partial charge in [-0.2, -0.15) is 4.31 Å². The van der Waals surface area contributed by atoms with Gasteiger partial charge in [-0.3, -0.25) is 9.59 Å². The van der Waals surface area contributed by atoms with Gasteiger partial charge < -0.3 is 10.2 Å². The summed E-state index contributed by atoms with van der Waals surface area (Å²) >= 11 is 0. The van der Waals surface area contributed by atoms with Crippen molar-refractivity contribution in [1.29, 1.82) is 0 Å². The molecule has 2 rings (SSSR count).